The first kappa shape index (κ1) is 12.9. The number of rotatable bonds is 2. The molecule has 0 aromatic carbocycles. The number of fused-ring (bicyclic) bond motifs is 1. The third kappa shape index (κ3) is 1.42. The van der Waals surface area contributed by atoms with Crippen LogP contribution in [0, 0.1) is 5.41 Å². The Morgan fingerprint density at radius 1 is 1.40 bits per heavy atom. The van der Waals surface area contributed by atoms with E-state index in [0.717, 1.165) is 5.76 Å². The van der Waals surface area contributed by atoms with Crippen LogP contribution in [0.25, 0.3) is 0 Å². The molecule has 0 amide bonds. The molecule has 5 nitrogen and oxygen atoms in total. The van der Waals surface area contributed by atoms with E-state index in [0.29, 0.717) is 26.1 Å². The maximum Gasteiger partial charge on any atom is 0.315 e. The van der Waals surface area contributed by atoms with Crippen LogP contribution in [0.1, 0.15) is 12.8 Å². The highest BCUT2D eigenvalue weighted by atomic mass is 28.4. The van der Waals surface area contributed by atoms with E-state index in [4.69, 9.17) is 18.6 Å². The van der Waals surface area contributed by atoms with Crippen molar-refractivity contribution >= 4 is 14.3 Å². The first-order valence-electron chi connectivity index (χ1n) is 7.24. The largest absolute Gasteiger partial charge is 0.546 e. The highest BCUT2D eigenvalue weighted by molar-refractivity contribution is 6.70. The molecule has 3 fully saturated rings. The van der Waals surface area contributed by atoms with E-state index in [1.807, 2.05) is 6.08 Å². The lowest BCUT2D eigenvalue weighted by Gasteiger charge is -2.44. The Balaban J connectivity index is 1.76. The van der Waals surface area contributed by atoms with Gasteiger partial charge >= 0.3 is 5.97 Å². The summed E-state index contributed by atoms with van der Waals surface area (Å²) in [4.78, 5) is 12.3. The smallest absolute Gasteiger partial charge is 0.315 e. The second-order valence-corrected chi connectivity index (χ2v) is 11.6. The van der Waals surface area contributed by atoms with Gasteiger partial charge in [-0.25, -0.2) is 0 Å². The van der Waals surface area contributed by atoms with Gasteiger partial charge in [0.1, 0.15) is 35.6 Å². The fraction of sp³-hybridized carbons (Fsp3) is 0.786. The lowest BCUT2D eigenvalue weighted by molar-refractivity contribution is -0.187. The zero-order valence-electron chi connectivity index (χ0n) is 12.1. The minimum atomic E-state index is -1.71. The number of carbonyl (C=O) groups excluding carboxylic acids is 1. The Hall–Kier alpha value is -0.853. The van der Waals surface area contributed by atoms with Crippen LogP contribution in [0.4, 0.5) is 0 Å². The molecule has 0 radical (unpaired) electrons. The first-order chi connectivity index (χ1) is 9.36. The van der Waals surface area contributed by atoms with Gasteiger partial charge in [0.05, 0.1) is 0 Å². The quantitative estimate of drug-likeness (QED) is 0.572. The van der Waals surface area contributed by atoms with Crippen molar-refractivity contribution in [3.63, 3.8) is 0 Å². The van der Waals surface area contributed by atoms with Crippen molar-refractivity contribution in [2.75, 3.05) is 13.2 Å². The number of hydrogen-bond donors (Lipinski definition) is 0. The van der Waals surface area contributed by atoms with Gasteiger partial charge in [0.25, 0.3) is 0 Å². The number of cyclic esters (lactones) is 1. The minimum Gasteiger partial charge on any atom is -0.546 e. The van der Waals surface area contributed by atoms with Crippen molar-refractivity contribution in [1.82, 2.24) is 0 Å². The molecule has 4 atom stereocenters. The Kier molecular flexibility index (Phi) is 2.36. The molecule has 4 rings (SSSR count). The Morgan fingerprint density at radius 3 is 2.95 bits per heavy atom. The summed E-state index contributed by atoms with van der Waals surface area (Å²) < 4.78 is 23.6. The summed E-state index contributed by atoms with van der Waals surface area (Å²) in [6.45, 7) is 7.33. The Labute approximate surface area is 119 Å². The fourth-order valence-corrected chi connectivity index (χ4v) is 4.93. The summed E-state index contributed by atoms with van der Waals surface area (Å²) in [5.74, 6) is 0.749. The van der Waals surface area contributed by atoms with E-state index in [1.165, 1.54) is 0 Å². The van der Waals surface area contributed by atoms with Crippen LogP contribution in [0.15, 0.2) is 11.8 Å². The van der Waals surface area contributed by atoms with Gasteiger partial charge in [0.2, 0.25) is 8.32 Å². The molecule has 3 saturated heterocycles. The predicted octanol–water partition coefficient (Wildman–Crippen LogP) is 1.60. The highest BCUT2D eigenvalue weighted by Crippen LogP contribution is 2.61. The lowest BCUT2D eigenvalue weighted by Crippen LogP contribution is -2.59. The first-order valence-corrected chi connectivity index (χ1v) is 10.6. The number of carbonyl (C=O) groups is 1. The second kappa shape index (κ2) is 3.67. The summed E-state index contributed by atoms with van der Waals surface area (Å²) in [5, 5.41) is 0. The van der Waals surface area contributed by atoms with Gasteiger partial charge in [-0.1, -0.05) is 0 Å². The molecule has 4 heterocycles. The predicted molar refractivity (Wildman–Crippen MR) is 72.5 cm³/mol. The SMILES string of the molecule is C[Si](C)(C)OC1=C[C@@H]2OCC[C@@]34C[C@H]1O[C@]23COC4=O. The summed E-state index contributed by atoms with van der Waals surface area (Å²) in [7, 11) is -1.71. The molecule has 110 valence electrons. The minimum absolute atomic E-state index is 0.115. The number of esters is 1. The van der Waals surface area contributed by atoms with E-state index in [9.17, 15) is 4.79 Å². The summed E-state index contributed by atoms with van der Waals surface area (Å²) in [6.07, 6.45) is 3.05. The zero-order chi connectivity index (χ0) is 14.2. The third-order valence-electron chi connectivity index (χ3n) is 4.85. The van der Waals surface area contributed by atoms with E-state index in [2.05, 4.69) is 19.6 Å². The molecule has 6 heteroatoms. The summed E-state index contributed by atoms with van der Waals surface area (Å²) in [5.41, 5.74) is -1.14. The Bertz CT molecular complexity index is 510. The van der Waals surface area contributed by atoms with E-state index < -0.39 is 19.3 Å². The van der Waals surface area contributed by atoms with Crippen molar-refractivity contribution < 1.29 is 23.4 Å². The molecule has 4 aliphatic heterocycles. The van der Waals surface area contributed by atoms with Gasteiger partial charge < -0.3 is 18.6 Å². The lowest BCUT2D eigenvalue weighted by atomic mass is 9.67. The maximum absolute atomic E-state index is 12.3. The van der Waals surface area contributed by atoms with Gasteiger partial charge in [0.15, 0.2) is 0 Å². The van der Waals surface area contributed by atoms with Crippen molar-refractivity contribution in [3.8, 4) is 0 Å². The topological polar surface area (TPSA) is 54.0 Å². The molecule has 0 aromatic heterocycles. The third-order valence-corrected chi connectivity index (χ3v) is 5.70. The molecule has 1 spiro atoms. The van der Waals surface area contributed by atoms with Crippen LogP contribution >= 0.6 is 0 Å². The van der Waals surface area contributed by atoms with Crippen molar-refractivity contribution in [1.29, 1.82) is 0 Å². The molecule has 0 unspecified atom stereocenters. The fourth-order valence-electron chi connectivity index (χ4n) is 4.02. The average molecular weight is 296 g/mol. The molecule has 2 bridgehead atoms. The van der Waals surface area contributed by atoms with Crippen LogP contribution in [-0.2, 0) is 23.4 Å². The van der Waals surface area contributed by atoms with E-state index in [-0.39, 0.29) is 18.2 Å². The van der Waals surface area contributed by atoms with Crippen molar-refractivity contribution in [3.05, 3.63) is 11.8 Å². The van der Waals surface area contributed by atoms with Gasteiger partial charge in [-0.3, -0.25) is 4.79 Å². The maximum atomic E-state index is 12.3. The van der Waals surface area contributed by atoms with Gasteiger partial charge in [-0.2, -0.15) is 0 Å². The second-order valence-electron chi connectivity index (χ2n) is 7.18. The van der Waals surface area contributed by atoms with Crippen LogP contribution < -0.4 is 0 Å². The van der Waals surface area contributed by atoms with Gasteiger partial charge in [-0.05, 0) is 38.6 Å². The van der Waals surface area contributed by atoms with Gasteiger partial charge in [-0.15, -0.1) is 0 Å². The van der Waals surface area contributed by atoms with Crippen LogP contribution in [0.2, 0.25) is 19.6 Å². The van der Waals surface area contributed by atoms with Crippen LogP contribution in [0.3, 0.4) is 0 Å². The van der Waals surface area contributed by atoms with Crippen LogP contribution in [-0.4, -0.2) is 45.3 Å². The van der Waals surface area contributed by atoms with E-state index >= 15 is 0 Å². The van der Waals surface area contributed by atoms with Crippen molar-refractivity contribution in [2.24, 2.45) is 5.41 Å². The molecular formula is C14H20O5Si. The monoisotopic (exact) mass is 296 g/mol. The standard InChI is InChI=1S/C14H20O5Si/c1-20(2,3)19-9-6-11-14-8-17-12(15)13(14,4-5-16-11)7-10(9)18-14/h6,10-11H,4-5,7-8H2,1-3H3/t10-,11+,13+,14-/m1/s1. The molecule has 0 saturated carbocycles. The number of ether oxygens (including phenoxy) is 3. The summed E-state index contributed by atoms with van der Waals surface area (Å²) >= 11 is 0. The normalized spacial score (nSPS) is 45.8. The average Bonchev–Trinajstić information content (AvgIpc) is 2.82. The molecular weight excluding hydrogens is 276 g/mol. The highest BCUT2D eigenvalue weighted by Gasteiger charge is 2.75. The molecule has 0 aromatic rings. The molecule has 4 aliphatic rings. The van der Waals surface area contributed by atoms with Gasteiger partial charge in [0, 0.05) is 6.61 Å². The van der Waals surface area contributed by atoms with Crippen LogP contribution in [0.5, 0.6) is 0 Å². The Morgan fingerprint density at radius 2 is 2.20 bits per heavy atom. The zero-order valence-corrected chi connectivity index (χ0v) is 13.1. The molecule has 0 N–H and O–H groups in total. The molecule has 20 heavy (non-hydrogen) atoms. The van der Waals surface area contributed by atoms with Crippen molar-refractivity contribution in [2.45, 2.75) is 50.3 Å². The van der Waals surface area contributed by atoms with E-state index in [1.54, 1.807) is 0 Å². The number of hydrogen-bond acceptors (Lipinski definition) is 5. The summed E-state index contributed by atoms with van der Waals surface area (Å²) in [6, 6.07) is 0. The molecule has 0 aliphatic carbocycles.